The molecule has 1 aromatic heterocycles. The first-order chi connectivity index (χ1) is 17.5. The predicted octanol–water partition coefficient (Wildman–Crippen LogP) is 4.45. The Hall–Kier alpha value is -4.26. The molecule has 2 amide bonds. The average molecular weight is 484 g/mol. The van der Waals surface area contributed by atoms with E-state index >= 15 is 0 Å². The van der Waals surface area contributed by atoms with E-state index in [-0.39, 0.29) is 24.4 Å². The number of nitrogens with zero attached hydrogens (tertiary/aromatic N) is 2. The van der Waals surface area contributed by atoms with Crippen molar-refractivity contribution in [2.24, 2.45) is 7.05 Å². The van der Waals surface area contributed by atoms with E-state index in [0.717, 1.165) is 39.1 Å². The highest BCUT2D eigenvalue weighted by Gasteiger charge is 2.42. The molecule has 3 aromatic carbocycles. The second-order valence-electron chi connectivity index (χ2n) is 8.80. The topological polar surface area (TPSA) is 72.8 Å². The summed E-state index contributed by atoms with van der Waals surface area (Å²) in [6.07, 6.45) is 0. The maximum Gasteiger partial charge on any atom is 0.272 e. The maximum atomic E-state index is 13.7. The first kappa shape index (κ1) is 23.5. The molecule has 2 heterocycles. The van der Waals surface area contributed by atoms with Gasteiger partial charge in [0.2, 0.25) is 5.91 Å². The minimum atomic E-state index is -0.374. The summed E-state index contributed by atoms with van der Waals surface area (Å²) in [7, 11) is 3.53. The Labute approximate surface area is 210 Å². The van der Waals surface area contributed by atoms with Crippen LogP contribution >= 0.6 is 0 Å². The zero-order valence-electron chi connectivity index (χ0n) is 20.7. The molecule has 1 N–H and O–H groups in total. The minimum Gasteiger partial charge on any atom is -0.497 e. The van der Waals surface area contributed by atoms with E-state index in [9.17, 15) is 9.59 Å². The van der Waals surface area contributed by atoms with Gasteiger partial charge in [-0.15, -0.1) is 0 Å². The van der Waals surface area contributed by atoms with Crippen LogP contribution in [-0.2, 0) is 18.4 Å². The number of aryl methyl sites for hydroxylation is 1. The van der Waals surface area contributed by atoms with Crippen LogP contribution in [0.4, 0.5) is 0 Å². The summed E-state index contributed by atoms with van der Waals surface area (Å²) in [6, 6.07) is 22.9. The molecule has 1 aliphatic heterocycles. The first-order valence-corrected chi connectivity index (χ1v) is 12.0. The molecule has 0 fully saturated rings. The summed E-state index contributed by atoms with van der Waals surface area (Å²) in [5, 5.41) is 3.97. The van der Waals surface area contributed by atoms with E-state index in [0.29, 0.717) is 18.8 Å². The van der Waals surface area contributed by atoms with Gasteiger partial charge in [0.25, 0.3) is 5.91 Å². The summed E-state index contributed by atoms with van der Waals surface area (Å²) >= 11 is 0. The molecule has 0 unspecified atom stereocenters. The van der Waals surface area contributed by atoms with Crippen LogP contribution < -0.4 is 14.8 Å². The van der Waals surface area contributed by atoms with E-state index < -0.39 is 0 Å². The van der Waals surface area contributed by atoms with Crippen molar-refractivity contribution < 1.29 is 19.1 Å². The van der Waals surface area contributed by atoms with Gasteiger partial charge in [0, 0.05) is 30.1 Å². The van der Waals surface area contributed by atoms with Crippen LogP contribution in [0.15, 0.2) is 72.8 Å². The fourth-order valence-electron chi connectivity index (χ4n) is 4.94. The number of aromatic nitrogens is 1. The quantitative estimate of drug-likeness (QED) is 0.402. The number of methoxy groups -OCH3 is 1. The third-order valence-electron chi connectivity index (χ3n) is 6.66. The van der Waals surface area contributed by atoms with Gasteiger partial charge in [0.05, 0.1) is 19.8 Å². The van der Waals surface area contributed by atoms with Crippen molar-refractivity contribution in [2.75, 3.05) is 20.3 Å². The number of nitrogens with one attached hydrogen (secondary N) is 1. The van der Waals surface area contributed by atoms with Crippen molar-refractivity contribution >= 4 is 22.7 Å². The molecule has 36 heavy (non-hydrogen) atoms. The van der Waals surface area contributed by atoms with Gasteiger partial charge in [-0.1, -0.05) is 42.5 Å². The summed E-state index contributed by atoms with van der Waals surface area (Å²) in [5.74, 6) is 1.16. The molecule has 1 atom stereocenters. The zero-order chi connectivity index (χ0) is 25.2. The molecule has 1 aliphatic rings. The van der Waals surface area contributed by atoms with Crippen molar-refractivity contribution in [1.29, 1.82) is 0 Å². The molecular formula is C29H29N3O4. The standard InChI is InChI=1S/C29H29N3O4/c1-4-36-22-13-9-19(10-14-22)17-30-25(33)18-32-27(20-11-15-21(35-3)16-12-20)26-23-7-5-6-8-24(23)31(2)28(26)29(32)34/h5-16,27H,4,17-18H2,1-3H3,(H,30,33)/t27-/m0/s1. The Balaban J connectivity index is 1.42. The molecule has 5 rings (SSSR count). The van der Waals surface area contributed by atoms with E-state index in [1.54, 1.807) is 12.0 Å². The zero-order valence-corrected chi connectivity index (χ0v) is 20.7. The van der Waals surface area contributed by atoms with Crippen LogP contribution in [-0.4, -0.2) is 41.5 Å². The molecule has 0 aliphatic carbocycles. The Morgan fingerprint density at radius 1 is 0.972 bits per heavy atom. The average Bonchev–Trinajstić information content (AvgIpc) is 3.36. The molecule has 0 radical (unpaired) electrons. The van der Waals surface area contributed by atoms with Crippen molar-refractivity contribution in [3.8, 4) is 11.5 Å². The van der Waals surface area contributed by atoms with Gasteiger partial charge >= 0.3 is 0 Å². The van der Waals surface area contributed by atoms with Crippen LogP contribution in [0.3, 0.4) is 0 Å². The summed E-state index contributed by atoms with van der Waals surface area (Å²) in [5.41, 5.74) is 4.44. The summed E-state index contributed by atoms with van der Waals surface area (Å²) in [6.45, 7) is 2.87. The largest absolute Gasteiger partial charge is 0.497 e. The van der Waals surface area contributed by atoms with Gasteiger partial charge in [0.15, 0.2) is 0 Å². The van der Waals surface area contributed by atoms with Crippen LogP contribution in [0.1, 0.15) is 40.1 Å². The fraction of sp³-hybridized carbons (Fsp3) is 0.241. The normalized spacial score (nSPS) is 14.7. The van der Waals surface area contributed by atoms with Gasteiger partial charge < -0.3 is 24.3 Å². The van der Waals surface area contributed by atoms with Gasteiger partial charge in [-0.3, -0.25) is 9.59 Å². The van der Waals surface area contributed by atoms with Gasteiger partial charge in [-0.05, 0) is 48.4 Å². The molecule has 4 aromatic rings. The highest BCUT2D eigenvalue weighted by molar-refractivity contribution is 6.07. The van der Waals surface area contributed by atoms with Crippen LogP contribution in [0.25, 0.3) is 10.9 Å². The number of benzene rings is 3. The lowest BCUT2D eigenvalue weighted by atomic mass is 9.98. The van der Waals surface area contributed by atoms with E-state index in [1.165, 1.54) is 0 Å². The SMILES string of the molecule is CCOc1ccc(CNC(=O)CN2C(=O)c3c(c4ccccc4n3C)[C@@H]2c2ccc(OC)cc2)cc1. The number of carbonyl (C=O) groups is 2. The van der Waals surface area contributed by atoms with E-state index in [4.69, 9.17) is 9.47 Å². The van der Waals surface area contributed by atoms with Crippen LogP contribution in [0.5, 0.6) is 11.5 Å². The third-order valence-corrected chi connectivity index (χ3v) is 6.66. The van der Waals surface area contributed by atoms with Gasteiger partial charge in [-0.25, -0.2) is 0 Å². The number of rotatable bonds is 8. The van der Waals surface area contributed by atoms with Gasteiger partial charge in [0.1, 0.15) is 23.7 Å². The number of hydrogen-bond donors (Lipinski definition) is 1. The molecule has 0 saturated heterocycles. The molecule has 0 saturated carbocycles. The molecule has 0 bridgehead atoms. The number of fused-ring (bicyclic) bond motifs is 3. The van der Waals surface area contributed by atoms with E-state index in [2.05, 4.69) is 5.32 Å². The summed E-state index contributed by atoms with van der Waals surface area (Å²) < 4.78 is 12.7. The van der Waals surface area contributed by atoms with Crippen molar-refractivity contribution in [3.05, 3.63) is 95.2 Å². The molecular weight excluding hydrogens is 454 g/mol. The van der Waals surface area contributed by atoms with Crippen LogP contribution in [0.2, 0.25) is 0 Å². The van der Waals surface area contributed by atoms with Crippen molar-refractivity contribution in [1.82, 2.24) is 14.8 Å². The summed E-state index contributed by atoms with van der Waals surface area (Å²) in [4.78, 5) is 28.4. The Morgan fingerprint density at radius 2 is 1.67 bits per heavy atom. The molecule has 0 spiro atoms. The third kappa shape index (κ3) is 4.17. The predicted molar refractivity (Wildman–Crippen MR) is 138 cm³/mol. The molecule has 7 heteroatoms. The Kier molecular flexibility index (Phi) is 6.38. The lowest BCUT2D eigenvalue weighted by molar-refractivity contribution is -0.122. The van der Waals surface area contributed by atoms with Crippen molar-refractivity contribution in [3.63, 3.8) is 0 Å². The highest BCUT2D eigenvalue weighted by atomic mass is 16.5. The second-order valence-corrected chi connectivity index (χ2v) is 8.80. The monoisotopic (exact) mass is 483 g/mol. The Morgan fingerprint density at radius 3 is 2.36 bits per heavy atom. The van der Waals surface area contributed by atoms with Crippen molar-refractivity contribution in [2.45, 2.75) is 19.5 Å². The van der Waals surface area contributed by atoms with Gasteiger partial charge in [-0.2, -0.15) is 0 Å². The maximum absolute atomic E-state index is 13.7. The number of carbonyl (C=O) groups excluding carboxylic acids is 2. The first-order valence-electron chi connectivity index (χ1n) is 12.0. The van der Waals surface area contributed by atoms with Crippen LogP contribution in [0, 0.1) is 0 Å². The lowest BCUT2D eigenvalue weighted by Gasteiger charge is -2.26. The highest BCUT2D eigenvalue weighted by Crippen LogP contribution is 2.43. The lowest BCUT2D eigenvalue weighted by Crippen LogP contribution is -2.39. The van der Waals surface area contributed by atoms with E-state index in [1.807, 2.05) is 91.3 Å². The Bertz CT molecular complexity index is 1410. The minimum absolute atomic E-state index is 0.0461. The second kappa shape index (κ2) is 9.77. The number of para-hydroxylation sites is 1. The fourth-order valence-corrected chi connectivity index (χ4v) is 4.94. The molecule has 7 nitrogen and oxygen atoms in total. The number of amides is 2. The smallest absolute Gasteiger partial charge is 0.272 e. The number of hydrogen-bond acceptors (Lipinski definition) is 4. The molecule has 184 valence electrons. The number of ether oxygens (including phenoxy) is 2.